The van der Waals surface area contributed by atoms with Gasteiger partial charge in [0.05, 0.1) is 19.8 Å². The first kappa shape index (κ1) is 15.8. The number of ether oxygens (including phenoxy) is 1. The van der Waals surface area contributed by atoms with Gasteiger partial charge in [0, 0.05) is 29.0 Å². The summed E-state index contributed by atoms with van der Waals surface area (Å²) in [6.45, 7) is 9.30. The monoisotopic (exact) mass is 341 g/mol. The quantitative estimate of drug-likeness (QED) is 0.637. The Bertz CT molecular complexity index is 462. The van der Waals surface area contributed by atoms with Crippen LogP contribution in [0.2, 0.25) is 0 Å². The number of aliphatic hydroxyl groups excluding tert-OH is 1. The molecule has 0 spiro atoms. The predicted octanol–water partition coefficient (Wildman–Crippen LogP) is 3.08. The van der Waals surface area contributed by atoms with E-state index in [2.05, 4.69) is 53.7 Å². The predicted molar refractivity (Wildman–Crippen MR) is 86.8 cm³/mol. The van der Waals surface area contributed by atoms with Gasteiger partial charge in [0.1, 0.15) is 0 Å². The Kier molecular flexibility index (Phi) is 5.10. The first-order valence-electron chi connectivity index (χ1n) is 7.17. The number of hydrogen-bond donors (Lipinski definition) is 1. The number of anilines is 1. The molecule has 0 unspecified atom stereocenters. The van der Waals surface area contributed by atoms with Crippen LogP contribution in [0, 0.1) is 0 Å². The molecule has 3 nitrogen and oxygen atoms in total. The molecule has 1 aliphatic heterocycles. The molecule has 0 amide bonds. The van der Waals surface area contributed by atoms with Crippen LogP contribution < -0.4 is 4.90 Å². The maximum absolute atomic E-state index is 9.35. The van der Waals surface area contributed by atoms with E-state index in [1.165, 1.54) is 11.3 Å². The van der Waals surface area contributed by atoms with Crippen molar-refractivity contribution in [3.8, 4) is 0 Å². The molecule has 4 heteroatoms. The second-order valence-electron chi connectivity index (χ2n) is 5.90. The lowest BCUT2D eigenvalue weighted by Gasteiger charge is -2.31. The molecule has 1 aromatic rings. The molecule has 1 heterocycles. The molecule has 1 atom stereocenters. The molecule has 0 saturated heterocycles. The normalized spacial score (nSPS) is 20.2. The highest BCUT2D eigenvalue weighted by molar-refractivity contribution is 9.09. The van der Waals surface area contributed by atoms with E-state index in [0.29, 0.717) is 6.04 Å². The van der Waals surface area contributed by atoms with Crippen molar-refractivity contribution in [1.82, 2.24) is 0 Å². The molecule has 0 fully saturated rings. The van der Waals surface area contributed by atoms with Crippen LogP contribution in [-0.4, -0.2) is 36.2 Å². The summed E-state index contributed by atoms with van der Waals surface area (Å²) in [7, 11) is 0. The van der Waals surface area contributed by atoms with E-state index in [1.54, 1.807) is 0 Å². The highest BCUT2D eigenvalue weighted by Gasteiger charge is 2.41. The average molecular weight is 342 g/mol. The minimum absolute atomic E-state index is 0.0933. The van der Waals surface area contributed by atoms with E-state index in [0.717, 1.165) is 30.7 Å². The zero-order valence-corrected chi connectivity index (χ0v) is 14.1. The van der Waals surface area contributed by atoms with Gasteiger partial charge in [-0.15, -0.1) is 0 Å². The lowest BCUT2D eigenvalue weighted by Crippen LogP contribution is -2.40. The summed E-state index contributed by atoms with van der Waals surface area (Å²) in [5.74, 6) is 0. The van der Waals surface area contributed by atoms with Crippen LogP contribution in [0.5, 0.6) is 0 Å². The van der Waals surface area contributed by atoms with E-state index < -0.39 is 0 Å². The summed E-state index contributed by atoms with van der Waals surface area (Å²) in [5.41, 5.74) is 3.71. The second kappa shape index (κ2) is 6.46. The van der Waals surface area contributed by atoms with Gasteiger partial charge in [-0.05, 0) is 24.1 Å². The summed E-state index contributed by atoms with van der Waals surface area (Å²) < 4.78 is 5.59. The maximum atomic E-state index is 9.35. The van der Waals surface area contributed by atoms with Crippen LogP contribution in [0.4, 0.5) is 5.69 Å². The molecule has 1 aliphatic rings. The molecule has 20 heavy (non-hydrogen) atoms. The van der Waals surface area contributed by atoms with Crippen LogP contribution in [0.3, 0.4) is 0 Å². The van der Waals surface area contributed by atoms with Crippen molar-refractivity contribution in [2.75, 3.05) is 30.0 Å². The first-order chi connectivity index (χ1) is 9.52. The molecule has 1 N–H and O–H groups in total. The standard InChI is InChI=1S/C16H24BrNO2/c1-12-16(2,3)14-5-4-13(11-19)10-15(14)18(12)7-9-20-8-6-17/h4-5,10,12,19H,6-9,11H2,1-3H3/t12-/m1/s1. The number of benzene rings is 1. The fourth-order valence-corrected chi connectivity index (χ4v) is 3.14. The van der Waals surface area contributed by atoms with E-state index in [-0.39, 0.29) is 12.0 Å². The zero-order chi connectivity index (χ0) is 14.8. The smallest absolute Gasteiger partial charge is 0.0682 e. The van der Waals surface area contributed by atoms with E-state index in [9.17, 15) is 5.11 Å². The van der Waals surface area contributed by atoms with Gasteiger partial charge >= 0.3 is 0 Å². The lowest BCUT2D eigenvalue weighted by atomic mass is 9.81. The number of fused-ring (bicyclic) bond motifs is 1. The Morgan fingerprint density at radius 1 is 1.35 bits per heavy atom. The summed E-state index contributed by atoms with van der Waals surface area (Å²) in [6, 6.07) is 6.74. The molecule has 0 bridgehead atoms. The lowest BCUT2D eigenvalue weighted by molar-refractivity contribution is 0.155. The van der Waals surface area contributed by atoms with Crippen LogP contribution in [0.1, 0.15) is 31.9 Å². The van der Waals surface area contributed by atoms with Crippen molar-refractivity contribution in [2.24, 2.45) is 0 Å². The second-order valence-corrected chi connectivity index (χ2v) is 6.70. The summed E-state index contributed by atoms with van der Waals surface area (Å²) >= 11 is 3.37. The minimum Gasteiger partial charge on any atom is -0.392 e. The third-order valence-electron chi connectivity index (χ3n) is 4.46. The van der Waals surface area contributed by atoms with Gasteiger partial charge < -0.3 is 14.7 Å². The molecular formula is C16H24BrNO2. The van der Waals surface area contributed by atoms with Crippen molar-refractivity contribution >= 4 is 21.6 Å². The Hall–Kier alpha value is -0.580. The van der Waals surface area contributed by atoms with Crippen LogP contribution >= 0.6 is 15.9 Å². The van der Waals surface area contributed by atoms with Gasteiger partial charge in [0.2, 0.25) is 0 Å². The number of alkyl halides is 1. The summed E-state index contributed by atoms with van der Waals surface area (Å²) in [6.07, 6.45) is 0. The Balaban J connectivity index is 2.21. The molecule has 0 saturated carbocycles. The summed E-state index contributed by atoms with van der Waals surface area (Å²) in [4.78, 5) is 2.41. The molecular weight excluding hydrogens is 318 g/mol. The van der Waals surface area contributed by atoms with Gasteiger partial charge in [0.25, 0.3) is 0 Å². The number of nitrogens with zero attached hydrogens (tertiary/aromatic N) is 1. The number of hydrogen-bond acceptors (Lipinski definition) is 3. The molecule has 0 radical (unpaired) electrons. The SMILES string of the molecule is C[C@H]1N(CCOCCBr)c2cc(CO)ccc2C1(C)C. The largest absolute Gasteiger partial charge is 0.392 e. The molecule has 2 rings (SSSR count). The molecule has 1 aromatic carbocycles. The third-order valence-corrected chi connectivity index (χ3v) is 4.78. The van der Waals surface area contributed by atoms with Gasteiger partial charge in [-0.2, -0.15) is 0 Å². The Morgan fingerprint density at radius 3 is 2.75 bits per heavy atom. The number of halogens is 1. The highest BCUT2D eigenvalue weighted by atomic mass is 79.9. The van der Waals surface area contributed by atoms with Crippen molar-refractivity contribution < 1.29 is 9.84 Å². The minimum atomic E-state index is 0.0933. The van der Waals surface area contributed by atoms with Crippen LogP contribution in [0.25, 0.3) is 0 Å². The van der Waals surface area contributed by atoms with E-state index >= 15 is 0 Å². The third kappa shape index (κ3) is 2.87. The van der Waals surface area contributed by atoms with Crippen molar-refractivity contribution in [3.05, 3.63) is 29.3 Å². The van der Waals surface area contributed by atoms with Gasteiger partial charge in [0.15, 0.2) is 0 Å². The summed E-state index contributed by atoms with van der Waals surface area (Å²) in [5, 5.41) is 10.2. The molecule has 112 valence electrons. The Morgan fingerprint density at radius 2 is 2.10 bits per heavy atom. The fraction of sp³-hybridized carbons (Fsp3) is 0.625. The van der Waals surface area contributed by atoms with Gasteiger partial charge in [-0.25, -0.2) is 0 Å². The molecule has 0 aromatic heterocycles. The van der Waals surface area contributed by atoms with Crippen LogP contribution in [0.15, 0.2) is 18.2 Å². The molecule has 0 aliphatic carbocycles. The van der Waals surface area contributed by atoms with E-state index in [1.807, 2.05) is 6.07 Å². The fourth-order valence-electron chi connectivity index (χ4n) is 2.91. The topological polar surface area (TPSA) is 32.7 Å². The zero-order valence-electron chi connectivity index (χ0n) is 12.5. The first-order valence-corrected chi connectivity index (χ1v) is 8.29. The Labute approximate surface area is 130 Å². The maximum Gasteiger partial charge on any atom is 0.0682 e. The van der Waals surface area contributed by atoms with Crippen LogP contribution in [-0.2, 0) is 16.8 Å². The van der Waals surface area contributed by atoms with E-state index in [4.69, 9.17) is 4.74 Å². The van der Waals surface area contributed by atoms with Crippen molar-refractivity contribution in [1.29, 1.82) is 0 Å². The number of rotatable bonds is 6. The average Bonchev–Trinajstić information content (AvgIpc) is 2.63. The van der Waals surface area contributed by atoms with Crippen molar-refractivity contribution in [2.45, 2.75) is 38.8 Å². The van der Waals surface area contributed by atoms with Gasteiger partial charge in [-0.3, -0.25) is 0 Å². The van der Waals surface area contributed by atoms with Gasteiger partial charge in [-0.1, -0.05) is 41.9 Å². The van der Waals surface area contributed by atoms with Crippen molar-refractivity contribution in [3.63, 3.8) is 0 Å². The highest BCUT2D eigenvalue weighted by Crippen LogP contribution is 2.45. The number of aliphatic hydroxyl groups is 1.